The van der Waals surface area contributed by atoms with Crippen LogP contribution in [0.5, 0.6) is 0 Å². The van der Waals surface area contributed by atoms with Crippen molar-refractivity contribution in [2.24, 2.45) is 5.92 Å². The zero-order valence-corrected chi connectivity index (χ0v) is 23.6. The molecule has 1 aromatic heterocycles. The minimum Gasteiger partial charge on any atom is -0.481 e. The fourth-order valence-electron chi connectivity index (χ4n) is 5.15. The number of carbonyl (C=O) groups is 1. The van der Waals surface area contributed by atoms with Crippen molar-refractivity contribution < 1.29 is 14.3 Å². The third-order valence-corrected chi connectivity index (χ3v) is 12.9. The third-order valence-electron chi connectivity index (χ3n) is 8.38. The van der Waals surface area contributed by atoms with Crippen LogP contribution >= 0.6 is 0 Å². The first-order chi connectivity index (χ1) is 17.1. The summed E-state index contributed by atoms with van der Waals surface area (Å²) in [5.41, 5.74) is 4.55. The summed E-state index contributed by atoms with van der Waals surface area (Å²) in [7, 11) is -1.75. The van der Waals surface area contributed by atoms with Crippen LogP contribution in [0.2, 0.25) is 18.1 Å². The summed E-state index contributed by atoms with van der Waals surface area (Å²) < 4.78 is 8.73. The van der Waals surface area contributed by atoms with Gasteiger partial charge in [-0.1, -0.05) is 70.0 Å². The summed E-state index contributed by atoms with van der Waals surface area (Å²) >= 11 is 0. The number of aliphatic carboxylic acids is 1. The quantitative estimate of drug-likeness (QED) is 0.243. The van der Waals surface area contributed by atoms with E-state index in [4.69, 9.17) is 9.41 Å². The summed E-state index contributed by atoms with van der Waals surface area (Å²) in [4.78, 5) is 16.7. The molecule has 3 aromatic rings. The Hall–Kier alpha value is -2.44. The number of nitrogens with zero attached hydrogens (tertiary/aromatic N) is 2. The van der Waals surface area contributed by atoms with E-state index in [2.05, 4.69) is 80.9 Å². The highest BCUT2D eigenvalue weighted by molar-refractivity contribution is 6.74. The molecule has 4 rings (SSSR count). The predicted molar refractivity (Wildman–Crippen MR) is 149 cm³/mol. The SMILES string of the molecule is CC(C)(C)[Si](C)(C)OCCCc1nc2ccccc2n1Cc1ccc([C@@H]2CCCC[C@H]2C(=O)O)cc1. The minimum atomic E-state index is -1.75. The Morgan fingerprint density at radius 1 is 1.08 bits per heavy atom. The minimum absolute atomic E-state index is 0.121. The van der Waals surface area contributed by atoms with Crippen molar-refractivity contribution in [3.05, 3.63) is 65.5 Å². The Balaban J connectivity index is 1.48. The molecule has 1 fully saturated rings. The van der Waals surface area contributed by atoms with Crippen LogP contribution < -0.4 is 0 Å². The van der Waals surface area contributed by atoms with E-state index in [9.17, 15) is 9.90 Å². The van der Waals surface area contributed by atoms with Crippen LogP contribution in [-0.4, -0.2) is 35.6 Å². The molecule has 6 heteroatoms. The lowest BCUT2D eigenvalue weighted by Gasteiger charge is -2.36. The van der Waals surface area contributed by atoms with Gasteiger partial charge >= 0.3 is 5.97 Å². The van der Waals surface area contributed by atoms with Gasteiger partial charge in [0, 0.05) is 19.6 Å². The van der Waals surface area contributed by atoms with Gasteiger partial charge in [-0.3, -0.25) is 4.79 Å². The first kappa shape index (κ1) is 26.6. The van der Waals surface area contributed by atoms with Gasteiger partial charge in [0.2, 0.25) is 0 Å². The number of carboxylic acids is 1. The molecule has 2 aromatic carbocycles. The lowest BCUT2D eigenvalue weighted by Crippen LogP contribution is -2.41. The molecule has 0 spiro atoms. The first-order valence-electron chi connectivity index (χ1n) is 13.5. The standard InChI is InChI=1S/C30H42N2O3Si/c1-30(2,3)36(4,5)35-20-10-15-28-31-26-13-8-9-14-27(26)32(28)21-22-16-18-23(19-17-22)24-11-6-7-12-25(24)29(33)34/h8-9,13-14,16-19,24-25H,6-7,10-12,15,20-21H2,1-5H3,(H,33,34)/t24-,25+/m0/s1. The van der Waals surface area contributed by atoms with Crippen molar-refractivity contribution in [3.8, 4) is 0 Å². The number of hydrogen-bond acceptors (Lipinski definition) is 3. The molecule has 0 amide bonds. The molecule has 2 atom stereocenters. The Morgan fingerprint density at radius 3 is 2.47 bits per heavy atom. The Morgan fingerprint density at radius 2 is 1.78 bits per heavy atom. The van der Waals surface area contributed by atoms with Crippen molar-refractivity contribution >= 4 is 25.3 Å². The van der Waals surface area contributed by atoms with E-state index >= 15 is 0 Å². The van der Waals surface area contributed by atoms with Crippen LogP contribution in [0.1, 0.15) is 75.7 Å². The molecule has 1 aliphatic rings. The van der Waals surface area contributed by atoms with E-state index in [0.717, 1.165) is 74.1 Å². The molecule has 1 saturated carbocycles. The van der Waals surface area contributed by atoms with Gasteiger partial charge in [0.05, 0.1) is 17.0 Å². The fourth-order valence-corrected chi connectivity index (χ4v) is 6.23. The van der Waals surface area contributed by atoms with Crippen LogP contribution in [0.15, 0.2) is 48.5 Å². The zero-order valence-electron chi connectivity index (χ0n) is 22.6. The number of rotatable bonds is 9. The molecule has 0 aliphatic heterocycles. The van der Waals surface area contributed by atoms with E-state index in [0.29, 0.717) is 0 Å². The van der Waals surface area contributed by atoms with Gasteiger partial charge in [-0.05, 0) is 66.6 Å². The number of imidazole rings is 1. The Labute approximate surface area is 217 Å². The maximum atomic E-state index is 11.8. The maximum Gasteiger partial charge on any atom is 0.307 e. The molecule has 1 N–H and O–H groups in total. The molecular weight excluding hydrogens is 464 g/mol. The van der Waals surface area contributed by atoms with Gasteiger partial charge in [0.1, 0.15) is 5.82 Å². The van der Waals surface area contributed by atoms with Gasteiger partial charge < -0.3 is 14.1 Å². The summed E-state index contributed by atoms with van der Waals surface area (Å²) in [5, 5.41) is 9.90. The molecule has 0 bridgehead atoms. The van der Waals surface area contributed by atoms with Crippen molar-refractivity contribution in [2.45, 2.75) is 89.9 Å². The number of aromatic nitrogens is 2. The number of benzene rings is 2. The molecule has 0 saturated heterocycles. The summed E-state index contributed by atoms with van der Waals surface area (Å²) in [6.45, 7) is 13.0. The van der Waals surface area contributed by atoms with Gasteiger partial charge in [-0.15, -0.1) is 0 Å². The second-order valence-electron chi connectivity index (χ2n) is 11.9. The van der Waals surface area contributed by atoms with Gasteiger partial charge in [-0.2, -0.15) is 0 Å². The van der Waals surface area contributed by atoms with Crippen molar-refractivity contribution in [1.29, 1.82) is 0 Å². The van der Waals surface area contributed by atoms with E-state index < -0.39 is 14.3 Å². The summed E-state index contributed by atoms with van der Waals surface area (Å²) in [5.74, 6) is 0.298. The van der Waals surface area contributed by atoms with Crippen molar-refractivity contribution in [3.63, 3.8) is 0 Å². The van der Waals surface area contributed by atoms with Gasteiger partial charge in [0.15, 0.2) is 8.32 Å². The molecule has 36 heavy (non-hydrogen) atoms. The number of carboxylic acid groups (broad SMARTS) is 1. The molecule has 5 nitrogen and oxygen atoms in total. The van der Waals surface area contributed by atoms with Crippen LogP contribution in [0.4, 0.5) is 0 Å². The molecule has 1 heterocycles. The van der Waals surface area contributed by atoms with E-state index in [1.165, 1.54) is 5.56 Å². The second-order valence-corrected chi connectivity index (χ2v) is 16.7. The first-order valence-corrected chi connectivity index (χ1v) is 16.4. The van der Waals surface area contributed by atoms with Crippen molar-refractivity contribution in [2.75, 3.05) is 6.61 Å². The highest BCUT2D eigenvalue weighted by Crippen LogP contribution is 2.38. The predicted octanol–water partition coefficient (Wildman–Crippen LogP) is 7.40. The van der Waals surface area contributed by atoms with Crippen LogP contribution in [-0.2, 0) is 22.2 Å². The van der Waals surface area contributed by atoms with Crippen LogP contribution in [0.25, 0.3) is 11.0 Å². The Bertz CT molecular complexity index is 1180. The zero-order chi connectivity index (χ0) is 25.9. The van der Waals surface area contributed by atoms with Crippen LogP contribution in [0, 0.1) is 5.92 Å². The second kappa shape index (κ2) is 10.9. The lowest BCUT2D eigenvalue weighted by atomic mass is 9.75. The summed E-state index contributed by atoms with van der Waals surface area (Å²) in [6.07, 6.45) is 5.70. The van der Waals surface area contributed by atoms with Gasteiger partial charge in [0.25, 0.3) is 0 Å². The average Bonchev–Trinajstić information content (AvgIpc) is 3.19. The largest absolute Gasteiger partial charge is 0.481 e. The number of para-hydroxylation sites is 2. The van der Waals surface area contributed by atoms with Gasteiger partial charge in [-0.25, -0.2) is 4.98 Å². The number of aryl methyl sites for hydroxylation is 1. The van der Waals surface area contributed by atoms with Crippen LogP contribution in [0.3, 0.4) is 0 Å². The molecule has 0 unspecified atom stereocenters. The van der Waals surface area contributed by atoms with E-state index in [-0.39, 0.29) is 16.9 Å². The number of fused-ring (bicyclic) bond motifs is 1. The molecule has 0 radical (unpaired) electrons. The smallest absolute Gasteiger partial charge is 0.307 e. The highest BCUT2D eigenvalue weighted by atomic mass is 28.4. The lowest BCUT2D eigenvalue weighted by molar-refractivity contribution is -0.143. The number of hydrogen-bond donors (Lipinski definition) is 1. The summed E-state index contributed by atoms with van der Waals surface area (Å²) in [6, 6.07) is 17.0. The maximum absolute atomic E-state index is 11.8. The molecule has 194 valence electrons. The fraction of sp³-hybridized carbons (Fsp3) is 0.533. The molecule has 1 aliphatic carbocycles. The molecular formula is C30H42N2O3Si. The average molecular weight is 507 g/mol. The topological polar surface area (TPSA) is 64.4 Å². The highest BCUT2D eigenvalue weighted by Gasteiger charge is 2.37. The third kappa shape index (κ3) is 5.92. The Kier molecular flexibility index (Phi) is 8.05. The van der Waals surface area contributed by atoms with Crippen molar-refractivity contribution in [1.82, 2.24) is 9.55 Å². The normalized spacial score (nSPS) is 19.0. The van der Waals surface area contributed by atoms with E-state index in [1.54, 1.807) is 0 Å². The monoisotopic (exact) mass is 506 g/mol. The van der Waals surface area contributed by atoms with E-state index in [1.807, 2.05) is 6.07 Å².